The van der Waals surface area contributed by atoms with E-state index >= 15 is 0 Å². The minimum atomic E-state index is -0.580. The second-order valence-corrected chi connectivity index (χ2v) is 30.6. The standard InChI is InChI=1S/C78H107N3O18/c1-88-52-90-25-16-79(17-26-91-53-89-2)18-27-92-54-93-51-68-64-37-58-38-65(68)48-77(45-58,47-64)74(86)98-32-23-81(22-31-97-73(85)76-42-55-34-56(43-76)36-57(35-55)44-76)24-33-99-75(87)78-46-59-39-66(49-78)69(67(40-59)50-78)62-14-9-15-63(41-62)72(84)96-30-21-80(19-28-94-70(82)60-10-5-3-6-11-60)20-29-95-71(83)61-12-7-4-8-13-61/h3-15,41,55-59,64-69H,16-40,42-54H2,1-2H3. The van der Waals surface area contributed by atoms with Gasteiger partial charge in [-0.25, -0.2) is 14.4 Å². The van der Waals surface area contributed by atoms with Crippen molar-refractivity contribution in [1.29, 1.82) is 0 Å². The maximum atomic E-state index is 14.6. The molecule has 21 heteroatoms. The average molecular weight is 1370 g/mol. The molecule has 0 N–H and O–H groups in total. The molecule has 12 fully saturated rings. The van der Waals surface area contributed by atoms with Crippen molar-refractivity contribution in [3.05, 3.63) is 107 Å². The van der Waals surface area contributed by atoms with Gasteiger partial charge in [0.25, 0.3) is 0 Å². The predicted octanol–water partition coefficient (Wildman–Crippen LogP) is 9.89. The molecule has 3 aromatic rings. The van der Waals surface area contributed by atoms with E-state index in [0.717, 1.165) is 102 Å². The van der Waals surface area contributed by atoms with Crippen LogP contribution in [-0.4, -0.2) is 210 Å². The molecule has 12 aliphatic rings. The fourth-order valence-electron chi connectivity index (χ4n) is 20.3. The zero-order valence-electron chi connectivity index (χ0n) is 58.5. The van der Waals surface area contributed by atoms with Crippen LogP contribution in [0.4, 0.5) is 0 Å². The van der Waals surface area contributed by atoms with Crippen LogP contribution in [0.5, 0.6) is 0 Å². The summed E-state index contributed by atoms with van der Waals surface area (Å²) in [5, 5.41) is 0. The first-order valence-corrected chi connectivity index (χ1v) is 37.0. The van der Waals surface area contributed by atoms with Gasteiger partial charge in [-0.3, -0.25) is 29.1 Å². The smallest absolute Gasteiger partial charge is 0.338 e. The molecule has 4 unspecified atom stereocenters. The van der Waals surface area contributed by atoms with Crippen LogP contribution in [0.15, 0.2) is 84.9 Å². The minimum Gasteiger partial charge on any atom is -0.464 e. The fourth-order valence-corrected chi connectivity index (χ4v) is 20.3. The number of benzene rings is 3. The molecule has 15 rings (SSSR count). The average Bonchev–Trinajstić information content (AvgIpc) is 0.741. The highest BCUT2D eigenvalue weighted by molar-refractivity contribution is 5.90. The molecule has 12 bridgehead atoms. The van der Waals surface area contributed by atoms with Crippen LogP contribution >= 0.6 is 0 Å². The van der Waals surface area contributed by atoms with E-state index in [1.807, 2.05) is 29.2 Å². The molecule has 3 aromatic carbocycles. The molecule has 0 heterocycles. The molecule has 0 spiro atoms. The van der Waals surface area contributed by atoms with Gasteiger partial charge >= 0.3 is 35.8 Å². The summed E-state index contributed by atoms with van der Waals surface area (Å²) in [5.41, 5.74) is 0.999. The lowest BCUT2D eigenvalue weighted by atomic mass is 9.45. The second kappa shape index (κ2) is 34.9. The molecule has 0 radical (unpaired) electrons. The number of carbonyl (C=O) groups is 6. The van der Waals surface area contributed by atoms with Gasteiger partial charge in [-0.05, 0) is 210 Å². The highest BCUT2D eigenvalue weighted by Gasteiger charge is 2.61. The molecular weight excluding hydrogens is 1270 g/mol. The number of esters is 6. The van der Waals surface area contributed by atoms with Crippen LogP contribution in [0.2, 0.25) is 0 Å². The molecule has 0 saturated heterocycles. The largest absolute Gasteiger partial charge is 0.464 e. The molecule has 0 amide bonds. The van der Waals surface area contributed by atoms with Gasteiger partial charge in [0.15, 0.2) is 0 Å². The Hall–Kier alpha value is -5.88. The Morgan fingerprint density at radius 2 is 0.687 bits per heavy atom. The SMILES string of the molecule is COCOCCN(CCOCOC)CCOCOCC1C2CC3CC1CC(C(=O)OCCN(CCOC(=O)C14CC5CC(CC(C5)C1)C4)CCOC(=O)C14CC5CC(C1)C(c1cccc(C(=O)OCCN(CCOC(=O)c6ccccc6)CCOC(=O)c6ccccc6)c1)C(C5)C4)(C3)C2. The number of hydrogen-bond acceptors (Lipinski definition) is 21. The lowest BCUT2D eigenvalue weighted by Crippen LogP contribution is -2.55. The molecule has 12 saturated carbocycles. The van der Waals surface area contributed by atoms with Crippen LogP contribution in [0.3, 0.4) is 0 Å². The quantitative estimate of drug-likeness (QED) is 0.0223. The molecular formula is C78H107N3O18. The molecule has 542 valence electrons. The fraction of sp³-hybridized carbons (Fsp3) is 0.692. The van der Waals surface area contributed by atoms with Gasteiger partial charge in [-0.1, -0.05) is 48.5 Å². The Labute approximate surface area is 584 Å². The van der Waals surface area contributed by atoms with E-state index in [1.165, 1.54) is 19.3 Å². The molecule has 99 heavy (non-hydrogen) atoms. The van der Waals surface area contributed by atoms with E-state index < -0.39 is 28.7 Å². The summed E-state index contributed by atoms with van der Waals surface area (Å²) in [6, 6.07) is 25.3. The third-order valence-electron chi connectivity index (χ3n) is 24.0. The predicted molar refractivity (Wildman–Crippen MR) is 364 cm³/mol. The molecule has 4 atom stereocenters. The minimum absolute atomic E-state index is 0.0539. The van der Waals surface area contributed by atoms with Crippen LogP contribution in [0.1, 0.15) is 145 Å². The number of rotatable bonds is 42. The Morgan fingerprint density at radius 1 is 0.354 bits per heavy atom. The number of nitrogens with zero attached hydrogens (tertiary/aromatic N) is 3. The van der Waals surface area contributed by atoms with Gasteiger partial charge in [-0.2, -0.15) is 0 Å². The number of methoxy groups -OCH3 is 2. The summed E-state index contributed by atoms with van der Waals surface area (Å²) in [6.45, 7) is 8.13. The maximum absolute atomic E-state index is 14.6. The van der Waals surface area contributed by atoms with Gasteiger partial charge in [0.1, 0.15) is 60.0 Å². The third kappa shape index (κ3) is 18.7. The van der Waals surface area contributed by atoms with Crippen molar-refractivity contribution in [3.63, 3.8) is 0 Å². The van der Waals surface area contributed by atoms with Crippen molar-refractivity contribution < 1.29 is 85.6 Å². The van der Waals surface area contributed by atoms with Crippen molar-refractivity contribution in [2.75, 3.05) is 160 Å². The first kappa shape index (κ1) is 72.9. The van der Waals surface area contributed by atoms with E-state index in [9.17, 15) is 28.8 Å². The van der Waals surface area contributed by atoms with Gasteiger partial charge in [-0.15, -0.1) is 0 Å². The van der Waals surface area contributed by atoms with Crippen molar-refractivity contribution in [3.8, 4) is 0 Å². The molecule has 21 nitrogen and oxygen atoms in total. The molecule has 0 aromatic heterocycles. The van der Waals surface area contributed by atoms with Gasteiger partial charge in [0, 0.05) is 73.1 Å². The number of ether oxygens (including phenoxy) is 12. The number of carbonyl (C=O) groups excluding carboxylic acids is 6. The third-order valence-corrected chi connectivity index (χ3v) is 24.0. The van der Waals surface area contributed by atoms with E-state index in [4.69, 9.17) is 56.8 Å². The summed E-state index contributed by atoms with van der Waals surface area (Å²) in [7, 11) is 3.22. The Morgan fingerprint density at radius 3 is 1.10 bits per heavy atom. The van der Waals surface area contributed by atoms with Crippen molar-refractivity contribution in [2.24, 2.45) is 75.4 Å². The molecule has 0 aliphatic heterocycles. The summed E-state index contributed by atoms with van der Waals surface area (Å²) < 4.78 is 69.2. The maximum Gasteiger partial charge on any atom is 0.338 e. The highest BCUT2D eigenvalue weighted by atomic mass is 16.7. The Kier molecular flexibility index (Phi) is 25.7. The first-order valence-electron chi connectivity index (χ1n) is 37.0. The molecule has 12 aliphatic carbocycles. The second-order valence-electron chi connectivity index (χ2n) is 30.6. The lowest BCUT2D eigenvalue weighted by molar-refractivity contribution is -0.183. The van der Waals surface area contributed by atoms with Crippen LogP contribution in [0.25, 0.3) is 0 Å². The summed E-state index contributed by atoms with van der Waals surface area (Å²) in [6.07, 6.45) is 15.5. The summed E-state index contributed by atoms with van der Waals surface area (Å²) >= 11 is 0. The summed E-state index contributed by atoms with van der Waals surface area (Å²) in [4.78, 5) is 88.7. The zero-order chi connectivity index (χ0) is 68.6. The van der Waals surface area contributed by atoms with Crippen molar-refractivity contribution in [1.82, 2.24) is 14.7 Å². The van der Waals surface area contributed by atoms with Gasteiger partial charge in [0.05, 0.1) is 59.4 Å². The van der Waals surface area contributed by atoms with Crippen LogP contribution in [-0.2, 0) is 71.2 Å². The van der Waals surface area contributed by atoms with Crippen LogP contribution in [0, 0.1) is 75.4 Å². The van der Waals surface area contributed by atoms with E-state index in [2.05, 4.69) is 15.9 Å². The van der Waals surface area contributed by atoms with E-state index in [0.29, 0.717) is 136 Å². The summed E-state index contributed by atoms with van der Waals surface area (Å²) in [5.74, 6) is 3.01. The topological polar surface area (TPSA) is 223 Å². The normalized spacial score (nSPS) is 29.5. The van der Waals surface area contributed by atoms with E-state index in [1.54, 1.807) is 68.8 Å². The van der Waals surface area contributed by atoms with Gasteiger partial charge < -0.3 is 56.8 Å². The zero-order valence-corrected chi connectivity index (χ0v) is 58.5. The Bertz CT molecular complexity index is 3000. The van der Waals surface area contributed by atoms with Crippen molar-refractivity contribution >= 4 is 35.8 Å². The Balaban J connectivity index is 0.612. The van der Waals surface area contributed by atoms with Crippen LogP contribution < -0.4 is 0 Å². The first-order chi connectivity index (χ1) is 48.3. The monoisotopic (exact) mass is 1370 g/mol. The highest BCUT2D eigenvalue weighted by Crippen LogP contribution is 2.66. The van der Waals surface area contributed by atoms with Crippen molar-refractivity contribution in [2.45, 2.75) is 109 Å². The number of hydrogen-bond donors (Lipinski definition) is 0. The van der Waals surface area contributed by atoms with E-state index in [-0.39, 0.29) is 101 Å². The lowest BCUT2D eigenvalue weighted by Gasteiger charge is -2.59. The van der Waals surface area contributed by atoms with Gasteiger partial charge in [0.2, 0.25) is 0 Å².